The summed E-state index contributed by atoms with van der Waals surface area (Å²) in [6.07, 6.45) is 0. The fraction of sp³-hybridized carbons (Fsp3) is 0.435. The van der Waals surface area contributed by atoms with Crippen LogP contribution in [0, 0.1) is 6.92 Å². The van der Waals surface area contributed by atoms with E-state index in [1.54, 1.807) is 0 Å². The van der Waals surface area contributed by atoms with Gasteiger partial charge in [0.25, 0.3) is 5.91 Å². The fourth-order valence-electron chi connectivity index (χ4n) is 3.54. The topological polar surface area (TPSA) is 56.8 Å². The second-order valence-electron chi connectivity index (χ2n) is 8.92. The van der Waals surface area contributed by atoms with Crippen LogP contribution in [-0.4, -0.2) is 37.4 Å². The summed E-state index contributed by atoms with van der Waals surface area (Å²) in [5.74, 6) is 0.321. The number of hydrogen-bond donors (Lipinski definition) is 1. The molecule has 0 saturated carbocycles. The summed E-state index contributed by atoms with van der Waals surface area (Å²) in [7, 11) is -0.458. The molecule has 0 radical (unpaired) electrons. The SMILES string of the molecule is Cc1c(NC(=O)c2ccc(C3COC3)cc2)cccc1B1OC(C)(C)C(C)(C)O1. The van der Waals surface area contributed by atoms with Gasteiger partial charge in [0, 0.05) is 17.2 Å². The molecule has 0 bridgehead atoms. The predicted molar refractivity (Wildman–Crippen MR) is 115 cm³/mol. The molecule has 6 heteroatoms. The third kappa shape index (κ3) is 3.72. The van der Waals surface area contributed by atoms with E-state index in [9.17, 15) is 4.79 Å². The van der Waals surface area contributed by atoms with Gasteiger partial charge in [0.2, 0.25) is 0 Å². The molecule has 2 saturated heterocycles. The second-order valence-corrected chi connectivity index (χ2v) is 8.92. The minimum Gasteiger partial charge on any atom is -0.399 e. The van der Waals surface area contributed by atoms with Crippen LogP contribution in [0.2, 0.25) is 0 Å². The van der Waals surface area contributed by atoms with Crippen molar-refractivity contribution in [1.29, 1.82) is 0 Å². The maximum absolute atomic E-state index is 12.8. The van der Waals surface area contributed by atoms with E-state index in [1.165, 1.54) is 5.56 Å². The van der Waals surface area contributed by atoms with Gasteiger partial charge >= 0.3 is 7.12 Å². The summed E-state index contributed by atoms with van der Waals surface area (Å²) >= 11 is 0. The van der Waals surface area contributed by atoms with Crippen molar-refractivity contribution < 1.29 is 18.8 Å². The molecule has 2 aromatic rings. The van der Waals surface area contributed by atoms with Gasteiger partial charge in [-0.1, -0.05) is 24.3 Å². The Morgan fingerprint density at radius 1 is 1.00 bits per heavy atom. The summed E-state index contributed by atoms with van der Waals surface area (Å²) in [4.78, 5) is 12.8. The lowest BCUT2D eigenvalue weighted by Crippen LogP contribution is -2.41. The summed E-state index contributed by atoms with van der Waals surface area (Å²) in [6.45, 7) is 11.6. The van der Waals surface area contributed by atoms with E-state index in [1.807, 2.05) is 77.1 Å². The molecule has 4 rings (SSSR count). The highest BCUT2D eigenvalue weighted by Gasteiger charge is 2.52. The molecule has 2 heterocycles. The van der Waals surface area contributed by atoms with Crippen molar-refractivity contribution >= 4 is 24.2 Å². The monoisotopic (exact) mass is 393 g/mol. The second kappa shape index (κ2) is 7.28. The molecule has 2 fully saturated rings. The first kappa shape index (κ1) is 20.1. The number of rotatable bonds is 4. The molecular weight excluding hydrogens is 365 g/mol. The van der Waals surface area contributed by atoms with Crippen LogP contribution in [0.5, 0.6) is 0 Å². The first-order valence-electron chi connectivity index (χ1n) is 10.1. The van der Waals surface area contributed by atoms with Crippen molar-refractivity contribution in [2.24, 2.45) is 0 Å². The predicted octanol–water partition coefficient (Wildman–Crippen LogP) is 3.66. The molecule has 5 nitrogen and oxygen atoms in total. The van der Waals surface area contributed by atoms with Gasteiger partial charge in [-0.3, -0.25) is 4.79 Å². The minimum atomic E-state index is -0.458. The van der Waals surface area contributed by atoms with E-state index in [-0.39, 0.29) is 5.91 Å². The van der Waals surface area contributed by atoms with Crippen molar-refractivity contribution in [3.63, 3.8) is 0 Å². The standard InChI is InChI=1S/C23H28BNO4/c1-15-19(24-28-22(2,3)23(4,5)29-24)7-6-8-20(15)25-21(26)17-11-9-16(10-12-17)18-13-27-14-18/h6-12,18H,13-14H2,1-5H3,(H,25,26). The smallest absolute Gasteiger partial charge is 0.399 e. The maximum atomic E-state index is 12.8. The Morgan fingerprint density at radius 3 is 2.17 bits per heavy atom. The largest absolute Gasteiger partial charge is 0.495 e. The van der Waals surface area contributed by atoms with Crippen LogP contribution < -0.4 is 10.8 Å². The van der Waals surface area contributed by atoms with Gasteiger partial charge in [-0.25, -0.2) is 0 Å². The lowest BCUT2D eigenvalue weighted by atomic mass is 9.76. The van der Waals surface area contributed by atoms with Crippen LogP contribution in [0.3, 0.4) is 0 Å². The van der Waals surface area contributed by atoms with Gasteiger partial charge < -0.3 is 19.4 Å². The number of ether oxygens (including phenoxy) is 1. The zero-order valence-electron chi connectivity index (χ0n) is 17.7. The summed E-state index contributed by atoms with van der Waals surface area (Å²) in [5, 5.41) is 3.03. The van der Waals surface area contributed by atoms with Crippen molar-refractivity contribution in [3.8, 4) is 0 Å². The maximum Gasteiger partial charge on any atom is 0.495 e. The van der Waals surface area contributed by atoms with Crippen LogP contribution in [-0.2, 0) is 14.0 Å². The normalized spacial score (nSPS) is 20.4. The molecule has 2 aromatic carbocycles. The minimum absolute atomic E-state index is 0.129. The molecule has 0 aromatic heterocycles. The number of amides is 1. The quantitative estimate of drug-likeness (QED) is 0.806. The number of carbonyl (C=O) groups excluding carboxylic acids is 1. The van der Waals surface area contributed by atoms with Gasteiger partial charge in [-0.05, 0) is 69.4 Å². The van der Waals surface area contributed by atoms with Crippen molar-refractivity contribution in [1.82, 2.24) is 0 Å². The van der Waals surface area contributed by atoms with Gasteiger partial charge in [0.05, 0.1) is 24.4 Å². The molecule has 0 atom stereocenters. The third-order valence-corrected chi connectivity index (χ3v) is 6.41. The highest BCUT2D eigenvalue weighted by atomic mass is 16.7. The fourth-order valence-corrected chi connectivity index (χ4v) is 3.54. The van der Waals surface area contributed by atoms with Crippen molar-refractivity contribution in [3.05, 3.63) is 59.2 Å². The van der Waals surface area contributed by atoms with E-state index in [0.29, 0.717) is 11.5 Å². The highest BCUT2D eigenvalue weighted by molar-refractivity contribution is 6.62. The molecule has 2 aliphatic heterocycles. The molecule has 0 unspecified atom stereocenters. The van der Waals surface area contributed by atoms with Crippen LogP contribution in [0.1, 0.15) is 55.1 Å². The average Bonchev–Trinajstić information content (AvgIpc) is 2.83. The Bertz CT molecular complexity index is 903. The molecule has 2 aliphatic rings. The summed E-state index contributed by atoms with van der Waals surface area (Å²) in [5.41, 5.74) is 3.68. The zero-order valence-corrected chi connectivity index (χ0v) is 17.7. The van der Waals surface area contributed by atoms with Crippen LogP contribution >= 0.6 is 0 Å². The number of benzene rings is 2. The number of nitrogens with one attached hydrogen (secondary N) is 1. The Morgan fingerprint density at radius 2 is 1.62 bits per heavy atom. The van der Waals surface area contributed by atoms with E-state index in [2.05, 4.69) is 5.32 Å². The summed E-state index contributed by atoms with van der Waals surface area (Å²) in [6, 6.07) is 13.6. The van der Waals surface area contributed by atoms with Gasteiger partial charge in [-0.2, -0.15) is 0 Å². The Kier molecular flexibility index (Phi) is 5.05. The molecule has 1 N–H and O–H groups in total. The molecule has 29 heavy (non-hydrogen) atoms. The van der Waals surface area contributed by atoms with Crippen molar-refractivity contribution in [2.45, 2.75) is 51.7 Å². The van der Waals surface area contributed by atoms with Crippen molar-refractivity contribution in [2.75, 3.05) is 18.5 Å². The molecule has 1 amide bonds. The lowest BCUT2D eigenvalue weighted by molar-refractivity contribution is 0.00578. The van der Waals surface area contributed by atoms with E-state index >= 15 is 0 Å². The Hall–Kier alpha value is -2.15. The number of carbonyl (C=O) groups is 1. The first-order chi connectivity index (χ1) is 13.7. The number of anilines is 1. The molecule has 0 spiro atoms. The first-order valence-corrected chi connectivity index (χ1v) is 10.1. The van der Waals surface area contributed by atoms with E-state index in [4.69, 9.17) is 14.0 Å². The van der Waals surface area contributed by atoms with Crippen LogP contribution in [0.15, 0.2) is 42.5 Å². The van der Waals surface area contributed by atoms with Gasteiger partial charge in [-0.15, -0.1) is 0 Å². The van der Waals surface area contributed by atoms with E-state index < -0.39 is 18.3 Å². The Labute approximate surface area is 172 Å². The molecule has 152 valence electrons. The Balaban J connectivity index is 1.51. The van der Waals surface area contributed by atoms with Crippen LogP contribution in [0.4, 0.5) is 5.69 Å². The lowest BCUT2D eigenvalue weighted by Gasteiger charge is -2.32. The average molecular weight is 393 g/mol. The molecular formula is C23H28BNO4. The van der Waals surface area contributed by atoms with Crippen LogP contribution in [0.25, 0.3) is 0 Å². The van der Waals surface area contributed by atoms with E-state index in [0.717, 1.165) is 29.9 Å². The summed E-state index contributed by atoms with van der Waals surface area (Å²) < 4.78 is 17.6. The van der Waals surface area contributed by atoms with Gasteiger partial charge in [0.15, 0.2) is 0 Å². The number of hydrogen-bond acceptors (Lipinski definition) is 4. The van der Waals surface area contributed by atoms with Gasteiger partial charge in [0.1, 0.15) is 0 Å². The zero-order chi connectivity index (χ0) is 20.8. The highest BCUT2D eigenvalue weighted by Crippen LogP contribution is 2.37. The third-order valence-electron chi connectivity index (χ3n) is 6.41. The molecule has 0 aliphatic carbocycles.